The first kappa shape index (κ1) is 38.8. The Hall–Kier alpha value is -1.34. The van der Waals surface area contributed by atoms with Gasteiger partial charge < -0.3 is 37.7 Å². The summed E-state index contributed by atoms with van der Waals surface area (Å²) < 4.78 is 0. The number of hydrogen-bond donors (Lipinski definition) is 4. The van der Waals surface area contributed by atoms with Crippen LogP contribution in [-0.2, 0) is 26.3 Å². The fraction of sp³-hybridized carbons (Fsp3) is 0.500. The number of halogens is 4. The molecule has 1 atom stereocenters. The number of allylic oxidation sites excluding steroid dienone is 2. The second kappa shape index (κ2) is 25.9. The number of hydrogen-bond acceptors (Lipinski definition) is 9. The maximum absolute atomic E-state index is 10.2. The van der Waals surface area contributed by atoms with Crippen LogP contribution in [0, 0.1) is 5.21 Å². The van der Waals surface area contributed by atoms with Crippen LogP contribution in [-0.4, -0.2) is 58.9 Å². The summed E-state index contributed by atoms with van der Waals surface area (Å²) in [5.74, 6) is 0.715. The van der Waals surface area contributed by atoms with E-state index in [1.165, 1.54) is 0 Å². The van der Waals surface area contributed by atoms with Crippen LogP contribution < -0.4 is 16.8 Å². The summed E-state index contributed by atoms with van der Waals surface area (Å²) >= 11 is 0.0139. The molecule has 38 heavy (non-hydrogen) atoms. The summed E-state index contributed by atoms with van der Waals surface area (Å²) in [6.45, 7) is 8.14. The second-order valence-electron chi connectivity index (χ2n) is 7.16. The van der Waals surface area contributed by atoms with Crippen LogP contribution in [0.2, 0.25) is 0 Å². The van der Waals surface area contributed by atoms with E-state index < -0.39 is 0 Å². The molecule has 218 valence electrons. The van der Waals surface area contributed by atoms with Gasteiger partial charge in [0.1, 0.15) is 5.84 Å². The van der Waals surface area contributed by atoms with Crippen LogP contribution in [0.15, 0.2) is 54.6 Å². The van der Waals surface area contributed by atoms with E-state index in [1.54, 1.807) is 27.7 Å². The zero-order chi connectivity index (χ0) is 29.3. The van der Waals surface area contributed by atoms with E-state index in [2.05, 4.69) is 41.4 Å². The van der Waals surface area contributed by atoms with Crippen molar-refractivity contribution in [1.29, 1.82) is 0 Å². The Balaban J connectivity index is 0. The topological polar surface area (TPSA) is 196 Å². The van der Waals surface area contributed by atoms with Crippen molar-refractivity contribution in [2.24, 2.45) is 42.2 Å². The quantitative estimate of drug-likeness (QED) is 0.0999. The number of oxime groups is 1. The van der Waals surface area contributed by atoms with Gasteiger partial charge in [-0.2, -0.15) is 10.2 Å². The van der Waals surface area contributed by atoms with Gasteiger partial charge in [0, 0.05) is 12.3 Å². The molecular weight excluding hydrogens is 664 g/mol. The average molecular weight is 696 g/mol. The van der Waals surface area contributed by atoms with Crippen LogP contribution in [0.3, 0.4) is 0 Å². The third kappa shape index (κ3) is 19.7. The molecule has 0 aliphatic carbocycles. The van der Waals surface area contributed by atoms with E-state index >= 15 is 0 Å². The van der Waals surface area contributed by atoms with Crippen LogP contribution >= 0.6 is 40.4 Å². The molecule has 0 aromatic heterocycles. The molecule has 0 aromatic rings. The third-order valence-corrected chi connectivity index (χ3v) is 4.62. The molecule has 0 bridgehead atoms. The summed E-state index contributed by atoms with van der Waals surface area (Å²) in [6, 6.07) is -0.00308. The molecule has 6 N–H and O–H groups in total. The number of nitrogens with one attached hydrogen (secondary N) is 1. The van der Waals surface area contributed by atoms with Gasteiger partial charge in [0.15, 0.2) is 5.84 Å². The SMILES string of the molecule is CC(=N\O)/C(C)=N/N=C(N)C1CCCC[N-]1.CC(=N\[O-])/C(C)=N/N=C(N)C1=CC=CCN1.[Cl][Mn][Cl].[Cl][Mn][Cl]. The zero-order valence-corrected chi connectivity index (χ0v) is 26.6. The minimum absolute atomic E-state index is 0.00308. The van der Waals surface area contributed by atoms with E-state index in [4.69, 9.17) is 57.1 Å². The molecule has 2 aliphatic heterocycles. The summed E-state index contributed by atoms with van der Waals surface area (Å²) in [5.41, 5.74) is 13.9. The van der Waals surface area contributed by atoms with Gasteiger partial charge >= 0.3 is 66.7 Å². The Labute approximate surface area is 253 Å². The van der Waals surface area contributed by atoms with Crippen LogP contribution in [0.25, 0.3) is 5.32 Å². The van der Waals surface area contributed by atoms with Gasteiger partial charge in [0.25, 0.3) is 0 Å². The Morgan fingerprint density at radius 3 is 2.03 bits per heavy atom. The fourth-order valence-corrected chi connectivity index (χ4v) is 2.33. The first-order valence-electron chi connectivity index (χ1n) is 10.8. The van der Waals surface area contributed by atoms with Gasteiger partial charge in [-0.05, 0) is 33.8 Å². The van der Waals surface area contributed by atoms with Gasteiger partial charge in [-0.3, -0.25) is 0 Å². The van der Waals surface area contributed by atoms with Crippen molar-refractivity contribution < 1.29 is 31.5 Å². The predicted molar refractivity (Wildman–Crippen MR) is 155 cm³/mol. The molecule has 2 rings (SSSR count). The van der Waals surface area contributed by atoms with Gasteiger partial charge in [-0.1, -0.05) is 42.6 Å². The molecule has 18 heteroatoms. The fourth-order valence-electron chi connectivity index (χ4n) is 2.33. The number of piperidine rings is 1. The van der Waals surface area contributed by atoms with Crippen molar-refractivity contribution in [2.75, 3.05) is 13.1 Å². The van der Waals surface area contributed by atoms with E-state index in [0.717, 1.165) is 31.5 Å². The van der Waals surface area contributed by atoms with Crippen molar-refractivity contribution in [1.82, 2.24) is 5.32 Å². The first-order chi connectivity index (χ1) is 18.1. The summed E-state index contributed by atoms with van der Waals surface area (Å²) in [4.78, 5) is 0. The molecule has 0 spiro atoms. The summed E-state index contributed by atoms with van der Waals surface area (Å²) in [5, 5.41) is 47.4. The van der Waals surface area contributed by atoms with E-state index in [1.807, 2.05) is 18.2 Å². The van der Waals surface area contributed by atoms with Gasteiger partial charge in [0.2, 0.25) is 0 Å². The Morgan fingerprint density at radius 2 is 1.55 bits per heavy atom. The molecule has 2 heterocycles. The van der Waals surface area contributed by atoms with Crippen LogP contribution in [0.5, 0.6) is 0 Å². The van der Waals surface area contributed by atoms with Crippen LogP contribution in [0.1, 0.15) is 47.0 Å². The molecule has 0 saturated carbocycles. The zero-order valence-electron chi connectivity index (χ0n) is 21.3. The van der Waals surface area contributed by atoms with E-state index in [0.29, 0.717) is 35.2 Å². The van der Waals surface area contributed by atoms with Gasteiger partial charge in [-0.15, -0.1) is 16.7 Å². The molecule has 1 unspecified atom stereocenters. The Bertz CT molecular complexity index is 917. The number of nitrogens with zero attached hydrogens (tertiary/aromatic N) is 7. The molecule has 2 aliphatic rings. The van der Waals surface area contributed by atoms with Crippen molar-refractivity contribution in [3.8, 4) is 0 Å². The van der Waals surface area contributed by atoms with Gasteiger partial charge in [0.05, 0.1) is 22.8 Å². The summed E-state index contributed by atoms with van der Waals surface area (Å²) in [6.07, 6.45) is 8.85. The Morgan fingerprint density at radius 1 is 0.974 bits per heavy atom. The molecule has 0 radical (unpaired) electrons. The molecule has 12 nitrogen and oxygen atoms in total. The molecule has 1 fully saturated rings. The molecule has 0 aromatic carbocycles. The average Bonchev–Trinajstić information content (AvgIpc) is 2.95. The standard InChI is InChI=1S/C10H18N5O.C10H15N5O.4ClH.2Mn/c2*1-7(8(2)15-16)13-14-10(11)9-5-3-4-6-12-9;;;;;;/h9,16H,3-6H2,1-2H3,(H2,11,14);3-5,12,16H,6H2,1-2H3,(H2,11,14);4*1H;;/q-1;;;;;;2*+2/p-5/b2*13-7+,15-8+;;;;;;. The number of rotatable bonds is 6. The van der Waals surface area contributed by atoms with Crippen molar-refractivity contribution in [3.63, 3.8) is 0 Å². The normalized spacial score (nSPS) is 18.9. The predicted octanol–water partition coefficient (Wildman–Crippen LogP) is 4.97. The van der Waals surface area contributed by atoms with Crippen molar-refractivity contribution in [2.45, 2.75) is 53.0 Å². The molecular formula is C20H32Cl4Mn2N10O2-2. The number of dihydropyridines is 1. The second-order valence-corrected chi connectivity index (χ2v) is 11.1. The molecule has 0 amide bonds. The summed E-state index contributed by atoms with van der Waals surface area (Å²) in [7, 11) is 19.2. The number of amidine groups is 2. The number of nitrogens with two attached hydrogens (primary N) is 2. The van der Waals surface area contributed by atoms with Gasteiger partial charge in [-0.25, -0.2) is 0 Å². The minimum atomic E-state index is -0.00308. The Kier molecular flexibility index (Phi) is 26.5. The van der Waals surface area contributed by atoms with E-state index in [-0.39, 0.29) is 38.1 Å². The molecule has 1 saturated heterocycles. The van der Waals surface area contributed by atoms with Crippen LogP contribution in [0.4, 0.5) is 0 Å². The first-order valence-corrected chi connectivity index (χ1v) is 17.3. The third-order valence-electron chi connectivity index (χ3n) is 4.62. The van der Waals surface area contributed by atoms with E-state index in [9.17, 15) is 5.21 Å². The monoisotopic (exact) mass is 694 g/mol. The van der Waals surface area contributed by atoms with Crippen molar-refractivity contribution >= 4 is 74.9 Å². The maximum atomic E-state index is 10.2. The van der Waals surface area contributed by atoms with Crippen molar-refractivity contribution in [3.05, 3.63) is 34.4 Å².